The molecule has 1 nitrogen and oxygen atoms in total. The summed E-state index contributed by atoms with van der Waals surface area (Å²) in [7, 11) is 0. The van der Waals surface area contributed by atoms with Crippen LogP contribution < -0.4 is 5.32 Å². The van der Waals surface area contributed by atoms with Crippen molar-refractivity contribution < 1.29 is 0 Å². The molecule has 58 valence electrons. The Morgan fingerprint density at radius 3 is 2.50 bits per heavy atom. The fourth-order valence-corrected chi connectivity index (χ4v) is 2.52. The Hall–Kier alpha value is -0.0400. The van der Waals surface area contributed by atoms with Gasteiger partial charge in [0.15, 0.2) is 0 Å². The fourth-order valence-electron chi connectivity index (χ4n) is 2.52. The maximum absolute atomic E-state index is 3.53. The van der Waals surface area contributed by atoms with Gasteiger partial charge in [-0.05, 0) is 37.1 Å². The highest BCUT2D eigenvalue weighted by Crippen LogP contribution is 2.61. The molecule has 1 saturated heterocycles. The van der Waals surface area contributed by atoms with Crippen molar-refractivity contribution in [3.63, 3.8) is 0 Å². The van der Waals surface area contributed by atoms with Gasteiger partial charge in [0.05, 0.1) is 0 Å². The standard InChI is InChI=1S/C9H17N/c1-6-4-7-8(5-10-6)9(7,2)3/h6-8,10H,4-5H2,1-3H3. The minimum absolute atomic E-state index is 0.664. The Bertz CT molecular complexity index is 151. The van der Waals surface area contributed by atoms with Gasteiger partial charge in [0, 0.05) is 6.04 Å². The minimum atomic E-state index is 0.664. The highest BCUT2D eigenvalue weighted by atomic mass is 15.0. The molecule has 0 bridgehead atoms. The molecule has 0 spiro atoms. The van der Waals surface area contributed by atoms with Crippen LogP contribution in [0.5, 0.6) is 0 Å². The lowest BCUT2D eigenvalue weighted by molar-refractivity contribution is 0.407. The van der Waals surface area contributed by atoms with E-state index < -0.39 is 0 Å². The van der Waals surface area contributed by atoms with Crippen molar-refractivity contribution in [2.75, 3.05) is 6.54 Å². The quantitative estimate of drug-likeness (QED) is 0.538. The largest absolute Gasteiger partial charge is 0.314 e. The second-order valence-corrected chi connectivity index (χ2v) is 4.58. The summed E-state index contributed by atoms with van der Waals surface area (Å²) < 4.78 is 0. The number of piperidine rings is 1. The zero-order valence-electron chi connectivity index (χ0n) is 7.15. The number of hydrogen-bond donors (Lipinski definition) is 1. The summed E-state index contributed by atoms with van der Waals surface area (Å²) >= 11 is 0. The molecule has 3 atom stereocenters. The smallest absolute Gasteiger partial charge is 0.00418 e. The van der Waals surface area contributed by atoms with Crippen LogP contribution in [0.3, 0.4) is 0 Å². The van der Waals surface area contributed by atoms with Gasteiger partial charge in [-0.1, -0.05) is 13.8 Å². The van der Waals surface area contributed by atoms with Crippen molar-refractivity contribution in [3.05, 3.63) is 0 Å². The van der Waals surface area contributed by atoms with E-state index in [1.54, 1.807) is 0 Å². The molecule has 10 heavy (non-hydrogen) atoms. The van der Waals surface area contributed by atoms with E-state index >= 15 is 0 Å². The first-order valence-electron chi connectivity index (χ1n) is 4.36. The summed E-state index contributed by atoms with van der Waals surface area (Å²) in [6, 6.07) is 0.767. The number of rotatable bonds is 0. The lowest BCUT2D eigenvalue weighted by atomic mass is 10.0. The number of hydrogen-bond acceptors (Lipinski definition) is 1. The molecule has 3 unspecified atom stereocenters. The zero-order chi connectivity index (χ0) is 7.35. The van der Waals surface area contributed by atoms with Crippen molar-refractivity contribution >= 4 is 0 Å². The van der Waals surface area contributed by atoms with Crippen molar-refractivity contribution in [2.45, 2.75) is 33.2 Å². The topological polar surface area (TPSA) is 12.0 Å². The third kappa shape index (κ3) is 0.731. The van der Waals surface area contributed by atoms with E-state index in [2.05, 4.69) is 26.1 Å². The Morgan fingerprint density at radius 2 is 2.00 bits per heavy atom. The Kier molecular flexibility index (Phi) is 1.17. The molecular weight excluding hydrogens is 122 g/mol. The first-order chi connectivity index (χ1) is 4.62. The van der Waals surface area contributed by atoms with Crippen LogP contribution in [0.4, 0.5) is 0 Å². The summed E-state index contributed by atoms with van der Waals surface area (Å²) in [4.78, 5) is 0. The molecule has 1 N–H and O–H groups in total. The summed E-state index contributed by atoms with van der Waals surface area (Å²) in [5.74, 6) is 2.02. The normalized spacial score (nSPS) is 50.1. The van der Waals surface area contributed by atoms with E-state index in [0.717, 1.165) is 17.9 Å². The molecule has 0 amide bonds. The Labute approximate surface area is 63.2 Å². The van der Waals surface area contributed by atoms with E-state index in [4.69, 9.17) is 0 Å². The Balaban J connectivity index is 2.04. The first-order valence-corrected chi connectivity index (χ1v) is 4.36. The van der Waals surface area contributed by atoms with Crippen LogP contribution in [0, 0.1) is 17.3 Å². The summed E-state index contributed by atoms with van der Waals surface area (Å²) in [6.07, 6.45) is 1.40. The molecule has 2 fully saturated rings. The molecule has 1 heterocycles. The van der Waals surface area contributed by atoms with Crippen LogP contribution >= 0.6 is 0 Å². The summed E-state index contributed by atoms with van der Waals surface area (Å²) in [5, 5.41) is 3.53. The average Bonchev–Trinajstić information content (AvgIpc) is 2.36. The third-order valence-electron chi connectivity index (χ3n) is 3.58. The van der Waals surface area contributed by atoms with E-state index in [-0.39, 0.29) is 0 Å². The van der Waals surface area contributed by atoms with Gasteiger partial charge in [-0.15, -0.1) is 0 Å². The summed E-state index contributed by atoms with van der Waals surface area (Å²) in [5.41, 5.74) is 0.664. The molecule has 0 aromatic carbocycles. The highest BCUT2D eigenvalue weighted by Gasteiger charge is 2.58. The second kappa shape index (κ2) is 1.76. The van der Waals surface area contributed by atoms with Gasteiger partial charge < -0.3 is 5.32 Å². The Morgan fingerprint density at radius 1 is 1.30 bits per heavy atom. The van der Waals surface area contributed by atoms with Crippen molar-refractivity contribution in [3.8, 4) is 0 Å². The van der Waals surface area contributed by atoms with Crippen molar-refractivity contribution in [1.82, 2.24) is 5.32 Å². The summed E-state index contributed by atoms with van der Waals surface area (Å²) in [6.45, 7) is 8.37. The van der Waals surface area contributed by atoms with Gasteiger partial charge >= 0.3 is 0 Å². The monoisotopic (exact) mass is 139 g/mol. The molecule has 2 rings (SSSR count). The molecule has 2 aliphatic rings. The van der Waals surface area contributed by atoms with E-state index in [1.165, 1.54) is 13.0 Å². The predicted octanol–water partition coefficient (Wildman–Crippen LogP) is 1.64. The van der Waals surface area contributed by atoms with Crippen LogP contribution in [0.25, 0.3) is 0 Å². The minimum Gasteiger partial charge on any atom is -0.314 e. The molecule has 0 radical (unpaired) electrons. The van der Waals surface area contributed by atoms with Crippen LogP contribution in [0.2, 0.25) is 0 Å². The van der Waals surface area contributed by atoms with E-state index in [1.807, 2.05) is 0 Å². The molecule has 0 aromatic heterocycles. The van der Waals surface area contributed by atoms with E-state index in [0.29, 0.717) is 5.41 Å². The zero-order valence-corrected chi connectivity index (χ0v) is 7.15. The lowest BCUT2D eigenvalue weighted by Gasteiger charge is -2.17. The second-order valence-electron chi connectivity index (χ2n) is 4.58. The van der Waals surface area contributed by atoms with Gasteiger partial charge in [0.2, 0.25) is 0 Å². The fraction of sp³-hybridized carbons (Fsp3) is 1.00. The van der Waals surface area contributed by atoms with Gasteiger partial charge in [-0.3, -0.25) is 0 Å². The van der Waals surface area contributed by atoms with Crippen LogP contribution in [-0.4, -0.2) is 12.6 Å². The molecule has 1 aliphatic heterocycles. The average molecular weight is 139 g/mol. The maximum Gasteiger partial charge on any atom is 0.00418 e. The van der Waals surface area contributed by atoms with E-state index in [9.17, 15) is 0 Å². The van der Waals surface area contributed by atoms with Gasteiger partial charge in [0.25, 0.3) is 0 Å². The molecule has 1 saturated carbocycles. The van der Waals surface area contributed by atoms with Gasteiger partial charge in [-0.2, -0.15) is 0 Å². The predicted molar refractivity (Wildman–Crippen MR) is 42.8 cm³/mol. The van der Waals surface area contributed by atoms with Crippen LogP contribution in [-0.2, 0) is 0 Å². The van der Waals surface area contributed by atoms with Gasteiger partial charge in [-0.25, -0.2) is 0 Å². The molecule has 1 aliphatic carbocycles. The maximum atomic E-state index is 3.53. The SMILES string of the molecule is CC1CC2C(CN1)C2(C)C. The van der Waals surface area contributed by atoms with Crippen molar-refractivity contribution in [1.29, 1.82) is 0 Å². The molecular formula is C9H17N. The highest BCUT2D eigenvalue weighted by molar-refractivity contribution is 5.09. The first kappa shape index (κ1) is 6.66. The lowest BCUT2D eigenvalue weighted by Crippen LogP contribution is -2.32. The third-order valence-corrected chi connectivity index (χ3v) is 3.58. The van der Waals surface area contributed by atoms with Gasteiger partial charge in [0.1, 0.15) is 0 Å². The van der Waals surface area contributed by atoms with Crippen LogP contribution in [0.15, 0.2) is 0 Å². The molecule has 1 heteroatoms. The van der Waals surface area contributed by atoms with Crippen LogP contribution in [0.1, 0.15) is 27.2 Å². The number of fused-ring (bicyclic) bond motifs is 1. The van der Waals surface area contributed by atoms with Crippen molar-refractivity contribution in [2.24, 2.45) is 17.3 Å². The number of nitrogens with one attached hydrogen (secondary N) is 1. The molecule has 0 aromatic rings.